The Hall–Kier alpha value is -2.46. The summed E-state index contributed by atoms with van der Waals surface area (Å²) in [5, 5.41) is 0. The van der Waals surface area contributed by atoms with Gasteiger partial charge < -0.3 is 15.4 Å². The highest BCUT2D eigenvalue weighted by atomic mass is 35.5. The fourth-order valence-corrected chi connectivity index (χ4v) is 5.78. The van der Waals surface area contributed by atoms with E-state index in [1.807, 2.05) is 30.3 Å². The number of primary amides is 1. The third-order valence-electron chi connectivity index (χ3n) is 6.34. The fraction of sp³-hybridized carbons (Fsp3) is 0.417. The van der Waals surface area contributed by atoms with Gasteiger partial charge in [0.1, 0.15) is 12.1 Å². The molecule has 4 unspecified atom stereocenters. The van der Waals surface area contributed by atoms with Gasteiger partial charge in [-0.3, -0.25) is 9.59 Å². The van der Waals surface area contributed by atoms with E-state index < -0.39 is 40.2 Å². The number of nitrogens with one attached hydrogen (secondary N) is 1. The molecule has 10 heteroatoms. The zero-order chi connectivity index (χ0) is 23.6. The van der Waals surface area contributed by atoms with Gasteiger partial charge in [-0.05, 0) is 30.0 Å². The molecule has 2 aliphatic rings. The Kier molecular flexibility index (Phi) is 8.35. The SMILES string of the molecule is CS(=O)(=O)NC1CCCCC1N1C(=O)c2ccccc2C(C(N)=O)C1OCc1ccccc1.Cl. The Morgan fingerprint density at radius 3 is 2.41 bits per heavy atom. The predicted molar refractivity (Wildman–Crippen MR) is 131 cm³/mol. The second kappa shape index (κ2) is 10.9. The Bertz CT molecular complexity index is 1130. The number of hydrogen-bond acceptors (Lipinski definition) is 5. The van der Waals surface area contributed by atoms with E-state index in [9.17, 15) is 18.0 Å². The van der Waals surface area contributed by atoms with E-state index in [-0.39, 0.29) is 24.9 Å². The minimum atomic E-state index is -3.50. The maximum atomic E-state index is 13.7. The smallest absolute Gasteiger partial charge is 0.256 e. The van der Waals surface area contributed by atoms with E-state index in [2.05, 4.69) is 4.72 Å². The lowest BCUT2D eigenvalue weighted by molar-refractivity contribution is -0.134. The first kappa shape index (κ1) is 26.2. The summed E-state index contributed by atoms with van der Waals surface area (Å²) >= 11 is 0. The molecular weight excluding hydrogens is 478 g/mol. The van der Waals surface area contributed by atoms with Crippen molar-refractivity contribution in [2.24, 2.45) is 5.73 Å². The van der Waals surface area contributed by atoms with Gasteiger partial charge in [0.05, 0.1) is 18.9 Å². The molecule has 0 radical (unpaired) electrons. The molecular formula is C24H30ClN3O5S. The monoisotopic (exact) mass is 507 g/mol. The van der Waals surface area contributed by atoms with Crippen LogP contribution in [-0.2, 0) is 26.2 Å². The molecule has 2 aromatic carbocycles. The lowest BCUT2D eigenvalue weighted by Gasteiger charge is -2.48. The van der Waals surface area contributed by atoms with Crippen molar-refractivity contribution in [2.45, 2.75) is 56.5 Å². The van der Waals surface area contributed by atoms with Gasteiger partial charge in [0.25, 0.3) is 5.91 Å². The van der Waals surface area contributed by atoms with Crippen LogP contribution >= 0.6 is 12.4 Å². The highest BCUT2D eigenvalue weighted by Crippen LogP contribution is 2.38. The number of benzene rings is 2. The molecule has 4 atom stereocenters. The molecule has 8 nitrogen and oxygen atoms in total. The third-order valence-corrected chi connectivity index (χ3v) is 7.07. The van der Waals surface area contributed by atoms with Gasteiger partial charge in [0.15, 0.2) is 0 Å². The van der Waals surface area contributed by atoms with E-state index >= 15 is 0 Å². The lowest BCUT2D eigenvalue weighted by atomic mass is 9.82. The van der Waals surface area contributed by atoms with Crippen molar-refractivity contribution in [3.8, 4) is 0 Å². The average Bonchev–Trinajstić information content (AvgIpc) is 2.78. The Balaban J connectivity index is 0.00000324. The van der Waals surface area contributed by atoms with E-state index in [0.717, 1.165) is 24.7 Å². The van der Waals surface area contributed by atoms with Crippen LogP contribution in [0.2, 0.25) is 0 Å². The van der Waals surface area contributed by atoms with Crippen LogP contribution in [0.25, 0.3) is 0 Å². The summed E-state index contributed by atoms with van der Waals surface area (Å²) in [4.78, 5) is 28.0. The van der Waals surface area contributed by atoms with Gasteiger partial charge in [-0.2, -0.15) is 0 Å². The summed E-state index contributed by atoms with van der Waals surface area (Å²) in [5.41, 5.74) is 7.66. The molecule has 0 aromatic heterocycles. The zero-order valence-corrected chi connectivity index (χ0v) is 20.6. The number of carbonyl (C=O) groups excluding carboxylic acids is 2. The van der Waals surface area contributed by atoms with Crippen LogP contribution < -0.4 is 10.5 Å². The van der Waals surface area contributed by atoms with E-state index in [0.29, 0.717) is 24.0 Å². The van der Waals surface area contributed by atoms with Crippen molar-refractivity contribution in [3.05, 3.63) is 71.3 Å². The van der Waals surface area contributed by atoms with Crippen LogP contribution in [0.5, 0.6) is 0 Å². The van der Waals surface area contributed by atoms with Gasteiger partial charge in [0, 0.05) is 11.6 Å². The minimum Gasteiger partial charge on any atom is -0.369 e. The van der Waals surface area contributed by atoms with Crippen LogP contribution in [0.15, 0.2) is 54.6 Å². The first-order valence-electron chi connectivity index (χ1n) is 11.1. The van der Waals surface area contributed by atoms with Crippen molar-refractivity contribution in [3.63, 3.8) is 0 Å². The number of fused-ring (bicyclic) bond motifs is 1. The molecule has 0 spiro atoms. The Morgan fingerprint density at radius 2 is 1.74 bits per heavy atom. The van der Waals surface area contributed by atoms with Crippen molar-refractivity contribution in [2.75, 3.05) is 6.26 Å². The highest BCUT2D eigenvalue weighted by Gasteiger charge is 2.48. The lowest BCUT2D eigenvalue weighted by Crippen LogP contribution is -2.62. The van der Waals surface area contributed by atoms with Crippen molar-refractivity contribution < 1.29 is 22.7 Å². The zero-order valence-electron chi connectivity index (χ0n) is 18.9. The number of halogens is 1. The molecule has 184 valence electrons. The van der Waals surface area contributed by atoms with Crippen molar-refractivity contribution >= 4 is 34.2 Å². The first-order valence-corrected chi connectivity index (χ1v) is 13.0. The maximum absolute atomic E-state index is 13.7. The molecule has 4 rings (SSSR count). The van der Waals surface area contributed by atoms with E-state index in [4.69, 9.17) is 10.5 Å². The first-order chi connectivity index (χ1) is 15.8. The van der Waals surface area contributed by atoms with Crippen LogP contribution in [0, 0.1) is 0 Å². The summed E-state index contributed by atoms with van der Waals surface area (Å²) in [6.45, 7) is 0.179. The summed E-state index contributed by atoms with van der Waals surface area (Å²) in [5.74, 6) is -1.75. The van der Waals surface area contributed by atoms with Gasteiger partial charge in [-0.15, -0.1) is 12.4 Å². The summed E-state index contributed by atoms with van der Waals surface area (Å²) < 4.78 is 33.0. The number of ether oxygens (including phenoxy) is 1. The number of nitrogens with two attached hydrogens (primary N) is 1. The van der Waals surface area contributed by atoms with Gasteiger partial charge >= 0.3 is 0 Å². The number of rotatable bonds is 7. The highest BCUT2D eigenvalue weighted by molar-refractivity contribution is 7.88. The van der Waals surface area contributed by atoms with E-state index in [1.165, 1.54) is 0 Å². The van der Waals surface area contributed by atoms with E-state index in [1.54, 1.807) is 29.2 Å². The number of nitrogens with zero attached hydrogens (tertiary/aromatic N) is 1. The molecule has 0 bridgehead atoms. The molecule has 2 amide bonds. The largest absolute Gasteiger partial charge is 0.369 e. The quantitative estimate of drug-likeness (QED) is 0.597. The predicted octanol–water partition coefficient (Wildman–Crippen LogP) is 2.54. The molecule has 1 aliphatic carbocycles. The molecule has 1 heterocycles. The maximum Gasteiger partial charge on any atom is 0.256 e. The number of carbonyl (C=O) groups is 2. The molecule has 3 N–H and O–H groups in total. The molecule has 1 aliphatic heterocycles. The van der Waals surface area contributed by atoms with Crippen LogP contribution in [0.4, 0.5) is 0 Å². The normalized spacial score (nSPS) is 24.7. The molecule has 34 heavy (non-hydrogen) atoms. The Morgan fingerprint density at radius 1 is 1.09 bits per heavy atom. The molecule has 1 fully saturated rings. The van der Waals surface area contributed by atoms with Crippen LogP contribution in [0.1, 0.15) is 53.1 Å². The topological polar surface area (TPSA) is 119 Å². The fourth-order valence-electron chi connectivity index (χ4n) is 4.95. The van der Waals surface area contributed by atoms with Crippen molar-refractivity contribution in [1.82, 2.24) is 9.62 Å². The summed E-state index contributed by atoms with van der Waals surface area (Å²) in [7, 11) is -3.50. The molecule has 0 saturated heterocycles. The molecule has 1 saturated carbocycles. The van der Waals surface area contributed by atoms with Crippen LogP contribution in [0.3, 0.4) is 0 Å². The minimum absolute atomic E-state index is 0. The van der Waals surface area contributed by atoms with Crippen molar-refractivity contribution in [1.29, 1.82) is 0 Å². The number of hydrogen-bond donors (Lipinski definition) is 2. The third kappa shape index (κ3) is 5.60. The molecule has 2 aromatic rings. The summed E-state index contributed by atoms with van der Waals surface area (Å²) in [6, 6.07) is 15.4. The standard InChI is InChI=1S/C24H29N3O5S.ClH/c1-33(30,31)26-19-13-7-8-14-20(19)27-23(29)18-12-6-5-11-17(18)21(22(25)28)24(27)32-15-16-9-3-2-4-10-16;/h2-6,9-12,19-21,24,26H,7-8,13-15H2,1H3,(H2,25,28);1H. The second-order valence-corrected chi connectivity index (χ2v) is 10.5. The summed E-state index contributed by atoms with van der Waals surface area (Å²) in [6.07, 6.45) is 3.04. The second-order valence-electron chi connectivity index (χ2n) is 8.72. The van der Waals surface area contributed by atoms with Gasteiger partial charge in [0.2, 0.25) is 15.9 Å². The number of amides is 2. The number of sulfonamides is 1. The Labute approximate surface area is 206 Å². The average molecular weight is 508 g/mol. The van der Waals surface area contributed by atoms with Crippen LogP contribution in [-0.4, -0.2) is 49.7 Å². The van der Waals surface area contributed by atoms with Gasteiger partial charge in [-0.1, -0.05) is 61.4 Å². The van der Waals surface area contributed by atoms with Gasteiger partial charge in [-0.25, -0.2) is 13.1 Å².